The maximum absolute atomic E-state index is 13.0. The van der Waals surface area contributed by atoms with E-state index in [4.69, 9.17) is 9.15 Å². The predicted octanol–water partition coefficient (Wildman–Crippen LogP) is 2.75. The van der Waals surface area contributed by atoms with Crippen molar-refractivity contribution in [3.8, 4) is 0 Å². The Kier molecular flexibility index (Phi) is 6.43. The van der Waals surface area contributed by atoms with E-state index in [0.717, 1.165) is 41.4 Å². The van der Waals surface area contributed by atoms with E-state index in [-0.39, 0.29) is 30.2 Å². The molecule has 2 aliphatic rings. The lowest BCUT2D eigenvalue weighted by atomic mass is 10.1. The molecule has 2 fully saturated rings. The molecule has 2 aromatic rings. The number of morpholine rings is 1. The number of anilines is 1. The summed E-state index contributed by atoms with van der Waals surface area (Å²) in [6, 6.07) is 9.82. The Morgan fingerprint density at radius 1 is 1.16 bits per heavy atom. The first-order chi connectivity index (χ1) is 14.9. The third kappa shape index (κ3) is 4.67. The van der Waals surface area contributed by atoms with Gasteiger partial charge in [0.25, 0.3) is 0 Å². The van der Waals surface area contributed by atoms with Gasteiger partial charge in [0.1, 0.15) is 11.5 Å². The molecule has 0 spiro atoms. The zero-order valence-electron chi connectivity index (χ0n) is 18.5. The Morgan fingerprint density at radius 2 is 1.94 bits per heavy atom. The standard InChI is InChI=1S/C24H31N3O4/c1-16-5-4-6-20(18(16)3)27-15-19(13-23(27)28)24(29)25-14-21(22-8-7-17(2)31-22)26-9-11-30-12-10-26/h4-8,19,21H,9-15H2,1-3H3,(H,25,29). The molecule has 1 aromatic heterocycles. The number of ether oxygens (including phenoxy) is 1. The second kappa shape index (κ2) is 9.24. The number of aryl methyl sites for hydroxylation is 2. The summed E-state index contributed by atoms with van der Waals surface area (Å²) in [7, 11) is 0. The van der Waals surface area contributed by atoms with Crippen LogP contribution in [0, 0.1) is 26.7 Å². The molecule has 1 aromatic carbocycles. The Hall–Kier alpha value is -2.64. The average molecular weight is 426 g/mol. The first-order valence-corrected chi connectivity index (χ1v) is 11.0. The lowest BCUT2D eigenvalue weighted by Gasteiger charge is -2.33. The number of benzene rings is 1. The second-order valence-electron chi connectivity index (χ2n) is 8.48. The summed E-state index contributed by atoms with van der Waals surface area (Å²) in [5, 5.41) is 3.09. The number of amides is 2. The quantitative estimate of drug-likeness (QED) is 0.770. The fourth-order valence-corrected chi connectivity index (χ4v) is 4.42. The van der Waals surface area contributed by atoms with Crippen molar-refractivity contribution in [2.45, 2.75) is 33.2 Å². The van der Waals surface area contributed by atoms with Gasteiger partial charge in [0.05, 0.1) is 25.2 Å². The number of hydrogen-bond donors (Lipinski definition) is 1. The van der Waals surface area contributed by atoms with Crippen molar-refractivity contribution in [3.05, 3.63) is 53.0 Å². The zero-order chi connectivity index (χ0) is 22.0. The molecule has 0 aliphatic carbocycles. The van der Waals surface area contributed by atoms with Gasteiger partial charge in [-0.3, -0.25) is 14.5 Å². The minimum atomic E-state index is -0.351. The average Bonchev–Trinajstić information content (AvgIpc) is 3.37. The first-order valence-electron chi connectivity index (χ1n) is 11.0. The summed E-state index contributed by atoms with van der Waals surface area (Å²) < 4.78 is 11.4. The van der Waals surface area contributed by atoms with Crippen molar-refractivity contribution in [1.29, 1.82) is 0 Å². The van der Waals surface area contributed by atoms with E-state index >= 15 is 0 Å². The van der Waals surface area contributed by atoms with Crippen molar-refractivity contribution in [2.24, 2.45) is 5.92 Å². The summed E-state index contributed by atoms with van der Waals surface area (Å²) in [4.78, 5) is 29.7. The number of carbonyl (C=O) groups is 2. The minimum Gasteiger partial charge on any atom is -0.465 e. The van der Waals surface area contributed by atoms with Crippen LogP contribution in [0.4, 0.5) is 5.69 Å². The monoisotopic (exact) mass is 425 g/mol. The van der Waals surface area contributed by atoms with Crippen LogP contribution in [0.2, 0.25) is 0 Å². The third-order valence-corrected chi connectivity index (χ3v) is 6.41. The van der Waals surface area contributed by atoms with Crippen molar-refractivity contribution in [2.75, 3.05) is 44.3 Å². The SMILES string of the molecule is Cc1ccc(C(CNC(=O)C2CC(=O)N(c3cccc(C)c3C)C2)N2CCOCC2)o1. The smallest absolute Gasteiger partial charge is 0.227 e. The lowest BCUT2D eigenvalue weighted by Crippen LogP contribution is -2.44. The van der Waals surface area contributed by atoms with E-state index in [1.807, 2.05) is 51.1 Å². The highest BCUT2D eigenvalue weighted by molar-refractivity contribution is 6.00. The Labute approximate surface area is 183 Å². The van der Waals surface area contributed by atoms with Gasteiger partial charge in [-0.1, -0.05) is 12.1 Å². The molecule has 2 amide bonds. The molecule has 166 valence electrons. The summed E-state index contributed by atoms with van der Waals surface area (Å²) in [6.07, 6.45) is 0.237. The lowest BCUT2D eigenvalue weighted by molar-refractivity contribution is -0.126. The van der Waals surface area contributed by atoms with Gasteiger partial charge < -0.3 is 19.4 Å². The highest BCUT2D eigenvalue weighted by atomic mass is 16.5. The van der Waals surface area contributed by atoms with Crippen LogP contribution in [0.5, 0.6) is 0 Å². The Morgan fingerprint density at radius 3 is 2.65 bits per heavy atom. The van der Waals surface area contributed by atoms with E-state index in [2.05, 4.69) is 10.2 Å². The molecular formula is C24H31N3O4. The van der Waals surface area contributed by atoms with Gasteiger partial charge in [-0.2, -0.15) is 0 Å². The summed E-state index contributed by atoms with van der Waals surface area (Å²) in [6.45, 7) is 9.76. The van der Waals surface area contributed by atoms with Gasteiger partial charge in [-0.25, -0.2) is 0 Å². The van der Waals surface area contributed by atoms with Crippen LogP contribution in [0.25, 0.3) is 0 Å². The molecule has 2 unspecified atom stereocenters. The molecule has 0 saturated carbocycles. The van der Waals surface area contributed by atoms with Gasteiger partial charge in [0.15, 0.2) is 0 Å². The third-order valence-electron chi connectivity index (χ3n) is 6.41. The van der Waals surface area contributed by atoms with Crippen molar-refractivity contribution >= 4 is 17.5 Å². The topological polar surface area (TPSA) is 75.0 Å². The van der Waals surface area contributed by atoms with Gasteiger partial charge in [0, 0.05) is 38.3 Å². The van der Waals surface area contributed by atoms with Gasteiger partial charge in [-0.15, -0.1) is 0 Å². The number of carbonyl (C=O) groups excluding carboxylic acids is 2. The maximum atomic E-state index is 13.0. The van der Waals surface area contributed by atoms with Crippen LogP contribution < -0.4 is 10.2 Å². The van der Waals surface area contributed by atoms with E-state index in [1.165, 1.54) is 0 Å². The Bertz CT molecular complexity index is 948. The van der Waals surface area contributed by atoms with Crippen LogP contribution in [0.15, 0.2) is 34.7 Å². The highest BCUT2D eigenvalue weighted by Gasteiger charge is 2.36. The van der Waals surface area contributed by atoms with Crippen molar-refractivity contribution in [3.63, 3.8) is 0 Å². The summed E-state index contributed by atoms with van der Waals surface area (Å²) in [5.41, 5.74) is 3.12. The normalized spacial score (nSPS) is 20.8. The predicted molar refractivity (Wildman–Crippen MR) is 118 cm³/mol. The number of furan rings is 1. The van der Waals surface area contributed by atoms with Gasteiger partial charge in [-0.05, 0) is 50.1 Å². The van der Waals surface area contributed by atoms with Crippen LogP contribution >= 0.6 is 0 Å². The van der Waals surface area contributed by atoms with E-state index < -0.39 is 0 Å². The molecule has 7 nitrogen and oxygen atoms in total. The number of nitrogens with one attached hydrogen (secondary N) is 1. The highest BCUT2D eigenvalue weighted by Crippen LogP contribution is 2.30. The molecule has 7 heteroatoms. The summed E-state index contributed by atoms with van der Waals surface area (Å²) in [5.74, 6) is 1.27. The number of hydrogen-bond acceptors (Lipinski definition) is 5. The molecule has 2 aliphatic heterocycles. The van der Waals surface area contributed by atoms with Crippen LogP contribution in [-0.4, -0.2) is 56.1 Å². The van der Waals surface area contributed by atoms with Crippen LogP contribution in [-0.2, 0) is 14.3 Å². The largest absolute Gasteiger partial charge is 0.465 e. The number of rotatable bonds is 6. The second-order valence-corrected chi connectivity index (χ2v) is 8.48. The van der Waals surface area contributed by atoms with E-state index in [0.29, 0.717) is 26.3 Å². The van der Waals surface area contributed by atoms with Gasteiger partial charge in [0.2, 0.25) is 11.8 Å². The van der Waals surface area contributed by atoms with Gasteiger partial charge >= 0.3 is 0 Å². The summed E-state index contributed by atoms with van der Waals surface area (Å²) >= 11 is 0. The van der Waals surface area contributed by atoms with Crippen molar-refractivity contribution < 1.29 is 18.7 Å². The molecule has 3 heterocycles. The van der Waals surface area contributed by atoms with E-state index in [9.17, 15) is 9.59 Å². The molecule has 1 N–H and O–H groups in total. The molecule has 31 heavy (non-hydrogen) atoms. The Balaban J connectivity index is 1.42. The molecule has 0 radical (unpaired) electrons. The fourth-order valence-electron chi connectivity index (χ4n) is 4.42. The zero-order valence-corrected chi connectivity index (χ0v) is 18.5. The first kappa shape index (κ1) is 21.6. The molecular weight excluding hydrogens is 394 g/mol. The fraction of sp³-hybridized carbons (Fsp3) is 0.500. The number of nitrogens with zero attached hydrogens (tertiary/aromatic N) is 2. The molecule has 2 saturated heterocycles. The van der Waals surface area contributed by atoms with Crippen LogP contribution in [0.1, 0.15) is 35.1 Å². The maximum Gasteiger partial charge on any atom is 0.227 e. The minimum absolute atomic E-state index is 0.000221. The van der Waals surface area contributed by atoms with Crippen LogP contribution in [0.3, 0.4) is 0 Å². The molecule has 2 atom stereocenters. The molecule has 4 rings (SSSR count). The molecule has 0 bridgehead atoms. The van der Waals surface area contributed by atoms with E-state index in [1.54, 1.807) is 4.90 Å². The van der Waals surface area contributed by atoms with Crippen molar-refractivity contribution in [1.82, 2.24) is 10.2 Å².